The van der Waals surface area contributed by atoms with Gasteiger partial charge in [-0.15, -0.1) is 0 Å². The molecule has 1 aromatic heterocycles. The zero-order valence-corrected chi connectivity index (χ0v) is 18.7. The van der Waals surface area contributed by atoms with Gasteiger partial charge in [0.15, 0.2) is 0 Å². The molecule has 1 heterocycles. The maximum Gasteiger partial charge on any atom is 0.348 e. The van der Waals surface area contributed by atoms with Crippen molar-refractivity contribution >= 4 is 22.1 Å². The predicted molar refractivity (Wildman–Crippen MR) is 120 cm³/mol. The van der Waals surface area contributed by atoms with E-state index in [0.717, 1.165) is 9.99 Å². The third kappa shape index (κ3) is 4.77. The Morgan fingerprint density at radius 2 is 1.91 bits per heavy atom. The van der Waals surface area contributed by atoms with Gasteiger partial charge in [-0.05, 0) is 37.3 Å². The third-order valence-corrected chi connectivity index (χ3v) is 6.38. The van der Waals surface area contributed by atoms with Crippen molar-refractivity contribution in [2.45, 2.75) is 11.8 Å². The Morgan fingerprint density at radius 1 is 1.19 bits per heavy atom. The van der Waals surface area contributed by atoms with Crippen LogP contribution in [0.5, 0.6) is 0 Å². The molecular formula is C23H22N4O4S. The number of ether oxygens (including phenoxy) is 1. The van der Waals surface area contributed by atoms with Crippen LogP contribution in [0.15, 0.2) is 71.3 Å². The van der Waals surface area contributed by atoms with Gasteiger partial charge < -0.3 is 4.74 Å². The highest BCUT2D eigenvalue weighted by Crippen LogP contribution is 2.28. The largest absolute Gasteiger partial charge is 0.462 e. The average molecular weight is 451 g/mol. The number of sulfonamides is 1. The van der Waals surface area contributed by atoms with Crippen molar-refractivity contribution in [3.8, 4) is 23.0 Å². The summed E-state index contributed by atoms with van der Waals surface area (Å²) in [6.45, 7) is 1.79. The fraction of sp³-hybridized carbons (Fsp3) is 0.174. The van der Waals surface area contributed by atoms with E-state index in [0.29, 0.717) is 16.8 Å². The second-order valence-electron chi connectivity index (χ2n) is 6.92. The molecule has 0 saturated heterocycles. The van der Waals surface area contributed by atoms with E-state index >= 15 is 0 Å². The molecule has 164 valence electrons. The summed E-state index contributed by atoms with van der Waals surface area (Å²) < 4.78 is 32.9. The van der Waals surface area contributed by atoms with Crippen molar-refractivity contribution in [3.63, 3.8) is 0 Å². The van der Waals surface area contributed by atoms with E-state index < -0.39 is 16.0 Å². The van der Waals surface area contributed by atoms with Gasteiger partial charge >= 0.3 is 5.97 Å². The van der Waals surface area contributed by atoms with Gasteiger partial charge in [0.1, 0.15) is 17.3 Å². The maximum absolute atomic E-state index is 12.6. The Balaban J connectivity index is 2.20. The number of carbonyl (C=O) groups is 1. The molecule has 3 rings (SSSR count). The molecule has 0 aliphatic rings. The maximum atomic E-state index is 12.6. The van der Waals surface area contributed by atoms with Gasteiger partial charge in [0.2, 0.25) is 10.0 Å². The summed E-state index contributed by atoms with van der Waals surface area (Å²) in [6, 6.07) is 17.5. The van der Waals surface area contributed by atoms with Gasteiger partial charge in [0, 0.05) is 31.4 Å². The summed E-state index contributed by atoms with van der Waals surface area (Å²) >= 11 is 0. The van der Waals surface area contributed by atoms with Crippen LogP contribution in [0.25, 0.3) is 23.0 Å². The highest BCUT2D eigenvalue weighted by Gasteiger charge is 2.20. The summed E-state index contributed by atoms with van der Waals surface area (Å²) in [5.41, 5.74) is 1.99. The van der Waals surface area contributed by atoms with E-state index in [1.165, 1.54) is 32.3 Å². The van der Waals surface area contributed by atoms with Crippen molar-refractivity contribution in [1.29, 1.82) is 5.26 Å². The minimum absolute atomic E-state index is 0.107. The number of para-hydroxylation sites is 1. The number of hydrogen-bond donors (Lipinski definition) is 0. The van der Waals surface area contributed by atoms with Crippen LogP contribution in [0.2, 0.25) is 0 Å². The van der Waals surface area contributed by atoms with E-state index in [-0.39, 0.29) is 17.1 Å². The average Bonchev–Trinajstić information content (AvgIpc) is 3.22. The summed E-state index contributed by atoms with van der Waals surface area (Å²) in [5, 5.41) is 14.1. The normalized spacial score (nSPS) is 11.9. The SMILES string of the molecule is CCOC(=O)/C(C#N)=C/c1cn(-c2ccccc2)nc1-c1cccc(S(=O)(=O)N(C)C)c1. The Hall–Kier alpha value is -3.74. The van der Waals surface area contributed by atoms with Crippen LogP contribution in [0.3, 0.4) is 0 Å². The highest BCUT2D eigenvalue weighted by molar-refractivity contribution is 7.89. The van der Waals surface area contributed by atoms with Gasteiger partial charge in [-0.1, -0.05) is 30.3 Å². The smallest absolute Gasteiger partial charge is 0.348 e. The van der Waals surface area contributed by atoms with Crippen molar-refractivity contribution in [2.75, 3.05) is 20.7 Å². The zero-order valence-electron chi connectivity index (χ0n) is 17.9. The van der Waals surface area contributed by atoms with Gasteiger partial charge in [-0.25, -0.2) is 22.2 Å². The molecule has 0 aliphatic heterocycles. The molecule has 0 aliphatic carbocycles. The number of hydrogen-bond acceptors (Lipinski definition) is 6. The van der Waals surface area contributed by atoms with Crippen molar-refractivity contribution < 1.29 is 17.9 Å². The van der Waals surface area contributed by atoms with Crippen LogP contribution < -0.4 is 0 Å². The zero-order chi connectivity index (χ0) is 23.3. The van der Waals surface area contributed by atoms with E-state index in [9.17, 15) is 18.5 Å². The van der Waals surface area contributed by atoms with Crippen LogP contribution in [-0.4, -0.2) is 49.2 Å². The van der Waals surface area contributed by atoms with Gasteiger partial charge in [0.05, 0.1) is 17.2 Å². The van der Waals surface area contributed by atoms with Crippen molar-refractivity contribution in [2.24, 2.45) is 0 Å². The first-order valence-corrected chi connectivity index (χ1v) is 11.2. The van der Waals surface area contributed by atoms with Crippen LogP contribution in [0, 0.1) is 11.3 Å². The fourth-order valence-corrected chi connectivity index (χ4v) is 3.89. The third-order valence-electron chi connectivity index (χ3n) is 4.56. The van der Waals surface area contributed by atoms with Gasteiger partial charge in [-0.3, -0.25) is 0 Å². The molecule has 0 amide bonds. The molecule has 0 bridgehead atoms. The molecule has 0 spiro atoms. The number of benzene rings is 2. The lowest BCUT2D eigenvalue weighted by atomic mass is 10.1. The minimum Gasteiger partial charge on any atom is -0.462 e. The Bertz CT molecular complexity index is 1300. The van der Waals surface area contributed by atoms with E-state index in [4.69, 9.17) is 4.74 Å². The number of aromatic nitrogens is 2. The molecule has 0 fully saturated rings. The van der Waals surface area contributed by atoms with Crippen molar-refractivity contribution in [1.82, 2.24) is 14.1 Å². The second-order valence-corrected chi connectivity index (χ2v) is 9.07. The predicted octanol–water partition coefficient (Wildman–Crippen LogP) is 3.26. The Kier molecular flexibility index (Phi) is 6.88. The standard InChI is InChI=1S/C23H22N4O4S/c1-4-31-23(28)18(15-24)13-19-16-27(20-10-6-5-7-11-20)25-22(19)17-9-8-12-21(14-17)32(29,30)26(2)3/h5-14,16H,4H2,1-3H3/b18-13+. The number of nitrogens with zero attached hydrogens (tertiary/aromatic N) is 4. The Morgan fingerprint density at radius 3 is 2.53 bits per heavy atom. The first kappa shape index (κ1) is 22.9. The molecule has 0 unspecified atom stereocenters. The molecule has 8 nitrogen and oxygen atoms in total. The van der Waals surface area contributed by atoms with Crippen LogP contribution in [0.1, 0.15) is 12.5 Å². The molecule has 9 heteroatoms. The summed E-state index contributed by atoms with van der Waals surface area (Å²) in [7, 11) is -0.743. The topological polar surface area (TPSA) is 105 Å². The molecule has 0 radical (unpaired) electrons. The highest BCUT2D eigenvalue weighted by atomic mass is 32.2. The monoisotopic (exact) mass is 450 g/mol. The summed E-state index contributed by atoms with van der Waals surface area (Å²) in [4.78, 5) is 12.2. The lowest BCUT2D eigenvalue weighted by Gasteiger charge is -2.12. The van der Waals surface area contributed by atoms with E-state index in [1.54, 1.807) is 29.9 Å². The van der Waals surface area contributed by atoms with Crippen LogP contribution in [-0.2, 0) is 19.6 Å². The lowest BCUT2D eigenvalue weighted by Crippen LogP contribution is -2.22. The lowest BCUT2D eigenvalue weighted by molar-refractivity contribution is -0.137. The number of nitriles is 1. The van der Waals surface area contributed by atoms with Crippen LogP contribution in [0.4, 0.5) is 0 Å². The van der Waals surface area contributed by atoms with Crippen molar-refractivity contribution in [3.05, 3.63) is 71.9 Å². The van der Waals surface area contributed by atoms with Gasteiger partial charge in [-0.2, -0.15) is 10.4 Å². The van der Waals surface area contributed by atoms with Crippen LogP contribution >= 0.6 is 0 Å². The number of esters is 1. The second kappa shape index (κ2) is 9.60. The summed E-state index contributed by atoms with van der Waals surface area (Å²) in [5.74, 6) is -0.739. The summed E-state index contributed by atoms with van der Waals surface area (Å²) in [6.07, 6.45) is 3.07. The molecule has 0 atom stereocenters. The quantitative estimate of drug-likeness (QED) is 0.311. The molecule has 0 N–H and O–H groups in total. The van der Waals surface area contributed by atoms with Gasteiger partial charge in [0.25, 0.3) is 0 Å². The first-order chi connectivity index (χ1) is 15.3. The minimum atomic E-state index is -3.66. The number of rotatable bonds is 7. The molecule has 0 saturated carbocycles. The molecule has 2 aromatic carbocycles. The molecular weight excluding hydrogens is 428 g/mol. The van der Waals surface area contributed by atoms with E-state index in [1.807, 2.05) is 36.4 Å². The Labute approximate surface area is 187 Å². The number of carbonyl (C=O) groups excluding carboxylic acids is 1. The first-order valence-electron chi connectivity index (χ1n) is 9.75. The molecule has 3 aromatic rings. The molecule has 32 heavy (non-hydrogen) atoms. The van der Waals surface area contributed by atoms with E-state index in [2.05, 4.69) is 5.10 Å². The fourth-order valence-electron chi connectivity index (χ4n) is 2.95.